The fraction of sp³-hybridized carbons (Fsp3) is 0.706. The second-order valence-corrected chi connectivity index (χ2v) is 33.0. The second kappa shape index (κ2) is 86.3. The topological polar surface area (TPSA) is 299 Å². The van der Waals surface area contributed by atoms with Gasteiger partial charge in [0.1, 0.15) is 76.3 Å². The first-order valence-corrected chi connectivity index (χ1v) is 48.5. The van der Waals surface area contributed by atoms with Gasteiger partial charge in [0.25, 0.3) is 0 Å². The number of unbranched alkanes of at least 4 members (excludes halogenated alkanes) is 12. The molecule has 1 aliphatic heterocycles. The van der Waals surface area contributed by atoms with Crippen molar-refractivity contribution in [3.05, 3.63) is 146 Å². The summed E-state index contributed by atoms with van der Waals surface area (Å²) in [5.41, 5.74) is 0. The number of carbonyl (C=O) groups excluding carboxylic acids is 6. The summed E-state index contributed by atoms with van der Waals surface area (Å²) in [4.78, 5) is 91.7. The maximum atomic E-state index is 13.3. The summed E-state index contributed by atoms with van der Waals surface area (Å²) in [5, 5.41) is 71.5. The number of carbonyl (C=O) groups is 6. The third-order valence-electron chi connectivity index (χ3n) is 20.7. The fourth-order valence-electron chi connectivity index (χ4n) is 13.4. The highest BCUT2D eigenvalue weighted by molar-refractivity contribution is 5.71. The van der Waals surface area contributed by atoms with Crippen LogP contribution in [0.4, 0.5) is 0 Å². The van der Waals surface area contributed by atoms with Gasteiger partial charge >= 0.3 is 35.8 Å². The lowest BCUT2D eigenvalue weighted by Crippen LogP contribution is -2.51. The number of β-amino-alcohol motifs (C(OH)–C–C–N with tert-alkyl or cyclic N) is 6. The molecule has 1 heterocycles. The van der Waals surface area contributed by atoms with E-state index in [2.05, 4.69) is 187 Å². The Morgan fingerprint density at radius 3 is 0.444 bits per heavy atom. The van der Waals surface area contributed by atoms with Gasteiger partial charge in [-0.05, 0) is 154 Å². The van der Waals surface area contributed by atoms with Crippen molar-refractivity contribution < 1.29 is 87.8 Å². The molecule has 6 unspecified atom stereocenters. The van der Waals surface area contributed by atoms with Crippen LogP contribution >= 0.6 is 0 Å². The minimum absolute atomic E-state index is 0.0317. The lowest BCUT2D eigenvalue weighted by molar-refractivity contribution is -0.148. The Morgan fingerprint density at radius 2 is 0.325 bits per heavy atom. The number of aliphatic hydroxyl groups is 6. The molecule has 6 N–H and O–H groups in total. The van der Waals surface area contributed by atoms with Crippen LogP contribution in [0.15, 0.2) is 146 Å². The number of hydrogen-bond acceptors (Lipinski definition) is 24. The summed E-state index contributed by atoms with van der Waals surface area (Å²) in [6, 6.07) is 0. The molecule has 0 aromatic heterocycles. The van der Waals surface area contributed by atoms with Gasteiger partial charge in [-0.25, -0.2) is 0 Å². The Labute approximate surface area is 761 Å². The van der Waals surface area contributed by atoms with Crippen molar-refractivity contribution >= 4 is 35.8 Å². The lowest BCUT2D eigenvalue weighted by Gasteiger charge is -2.36. The first-order chi connectivity index (χ1) is 61.3. The predicted molar refractivity (Wildman–Crippen MR) is 510 cm³/mol. The lowest BCUT2D eigenvalue weighted by atomic mass is 10.2. The van der Waals surface area contributed by atoms with E-state index in [9.17, 15) is 59.4 Å². The number of aliphatic hydroxyl groups excluding tert-OH is 6. The fourth-order valence-corrected chi connectivity index (χ4v) is 13.4. The van der Waals surface area contributed by atoms with Gasteiger partial charge in [0.2, 0.25) is 0 Å². The van der Waals surface area contributed by atoms with E-state index >= 15 is 0 Å². The molecule has 0 spiro atoms. The maximum absolute atomic E-state index is 13.3. The Balaban J connectivity index is 4.14. The van der Waals surface area contributed by atoms with Gasteiger partial charge in [-0.2, -0.15) is 0 Å². The third-order valence-corrected chi connectivity index (χ3v) is 20.7. The number of rotatable bonds is 72. The van der Waals surface area contributed by atoms with Gasteiger partial charge in [0.05, 0.1) is 0 Å². The summed E-state index contributed by atoms with van der Waals surface area (Å²) >= 11 is 0. The molecule has 0 bridgehead atoms. The zero-order valence-corrected chi connectivity index (χ0v) is 79.0. The van der Waals surface area contributed by atoms with E-state index in [1.54, 1.807) is 0 Å². The molecule has 1 saturated heterocycles. The number of hydrogen-bond donors (Lipinski definition) is 6. The zero-order valence-electron chi connectivity index (χ0n) is 79.0. The van der Waals surface area contributed by atoms with Crippen LogP contribution in [0.2, 0.25) is 0 Å². The zero-order chi connectivity index (χ0) is 92.0. The Kier molecular flexibility index (Phi) is 80.3. The summed E-state index contributed by atoms with van der Waals surface area (Å²) in [5.74, 6) is -2.64. The van der Waals surface area contributed by atoms with E-state index in [0.29, 0.717) is 77.0 Å². The highest BCUT2D eigenvalue weighted by Gasteiger charge is 2.26. The first-order valence-electron chi connectivity index (χ1n) is 48.5. The molecule has 0 radical (unpaired) electrons. The smallest absolute Gasteiger partial charge is 0.305 e. The van der Waals surface area contributed by atoms with E-state index in [-0.39, 0.29) is 196 Å². The Morgan fingerprint density at radius 1 is 0.206 bits per heavy atom. The molecule has 0 saturated carbocycles. The highest BCUT2D eigenvalue weighted by Crippen LogP contribution is 2.14. The standard InChI is InChI=1S/C102H174N6O18/c1-7-13-19-25-31-37-43-49-55-61-97(115)121-85-91(109)79-103-67-69-104(80-92(110)86-122-98(116)62-56-50-44-38-32-26-20-14-8-2)71-73-106(82-94(112)88-124-100(118)64-58-52-46-40-34-28-22-16-10-4)75-77-108(84-96(114)90-126-102(120)66-60-54-48-42-36-30-24-18-12-6)78-76-107(83-95(113)89-125-101(119)65-59-53-47-41-35-29-23-17-11-5)74-72-105(70-68-103)81-93(111)87-123-99(117)63-57-51-45-39-33-27-21-15-9-3/h19-30,37-48,91-96,109-114H,7-18,31-36,49-90H2,1-6H3/b25-19-,26-20-,27-21-,28-22-,29-23-,30-24-,43-37-,44-38-,45-39-,46-40-,47-41-,48-42-. The van der Waals surface area contributed by atoms with Crippen LogP contribution in [0.25, 0.3) is 0 Å². The molecule has 24 heteroatoms. The number of nitrogens with zero attached hydrogens (tertiary/aromatic N) is 6. The van der Waals surface area contributed by atoms with E-state index in [4.69, 9.17) is 28.4 Å². The van der Waals surface area contributed by atoms with Gasteiger partial charge in [-0.1, -0.05) is 226 Å². The maximum Gasteiger partial charge on any atom is 0.305 e. The van der Waals surface area contributed by atoms with Crippen LogP contribution < -0.4 is 0 Å². The molecule has 126 heavy (non-hydrogen) atoms. The normalized spacial score (nSPS) is 16.7. The number of allylic oxidation sites excluding steroid dienone is 24. The molecule has 0 aromatic carbocycles. The summed E-state index contributed by atoms with van der Waals surface area (Å²) < 4.78 is 34.3. The van der Waals surface area contributed by atoms with Crippen molar-refractivity contribution in [2.45, 2.75) is 309 Å². The average Bonchev–Trinajstić information content (AvgIpc) is 0.880. The van der Waals surface area contributed by atoms with Crippen molar-refractivity contribution in [1.82, 2.24) is 29.4 Å². The Hall–Kier alpha value is -6.78. The Bertz CT molecular complexity index is 2520. The van der Waals surface area contributed by atoms with Crippen molar-refractivity contribution in [1.29, 1.82) is 0 Å². The number of ether oxygens (including phenoxy) is 6. The molecule has 1 fully saturated rings. The van der Waals surface area contributed by atoms with Crippen molar-refractivity contribution in [3.8, 4) is 0 Å². The van der Waals surface area contributed by atoms with E-state index in [1.165, 1.54) is 0 Å². The molecule has 1 rings (SSSR count). The van der Waals surface area contributed by atoms with Crippen LogP contribution in [0.1, 0.15) is 273 Å². The molecule has 6 atom stereocenters. The summed E-state index contributed by atoms with van der Waals surface area (Å²) in [6.07, 6.45) is 69.6. The molecular weight excluding hydrogens is 1600 g/mol. The minimum atomic E-state index is -1.15. The quantitative estimate of drug-likeness (QED) is 0.0143. The van der Waals surface area contributed by atoms with Crippen molar-refractivity contribution in [3.63, 3.8) is 0 Å². The summed E-state index contributed by atoms with van der Waals surface area (Å²) in [7, 11) is 0. The van der Waals surface area contributed by atoms with Crippen LogP contribution in [0.3, 0.4) is 0 Å². The van der Waals surface area contributed by atoms with Gasteiger partial charge < -0.3 is 59.1 Å². The van der Waals surface area contributed by atoms with Gasteiger partial charge in [0.15, 0.2) is 0 Å². The van der Waals surface area contributed by atoms with Crippen molar-refractivity contribution in [2.24, 2.45) is 0 Å². The molecule has 1 aliphatic rings. The molecule has 24 nitrogen and oxygen atoms in total. The first kappa shape index (κ1) is 117. The van der Waals surface area contributed by atoms with Gasteiger partial charge in [0, 0.05) is 156 Å². The molecule has 0 amide bonds. The largest absolute Gasteiger partial charge is 0.463 e. The monoisotopic (exact) mass is 1770 g/mol. The minimum Gasteiger partial charge on any atom is -0.463 e. The molecular formula is C102H174N6O18. The third kappa shape index (κ3) is 77.2. The SMILES string of the molecule is CCC/C=C\C/C=C\CCCC(=O)OCC(O)CN1CCN(CC(O)COC(=O)CCC/C=C\C/C=C\CCC)CCN(CC(O)COC(=O)CCC/C=C\C/C=C\CCC)CCN(CC(O)COC(=O)CCC/C=C\C/C=C\CCC)CCN(CC(O)COC(=O)CCC/C=C\C/C=C\CCC)CCN(CC(O)COC(=O)CCC/C=C\C/C=C\CCC)CC1. The number of esters is 6. The van der Waals surface area contributed by atoms with E-state index in [1.807, 2.05) is 29.4 Å². The molecule has 0 aromatic rings. The van der Waals surface area contributed by atoms with Crippen LogP contribution in [-0.2, 0) is 57.2 Å². The average molecular weight is 1770 g/mol. The van der Waals surface area contributed by atoms with Crippen LogP contribution in [-0.4, -0.2) is 290 Å². The highest BCUT2D eigenvalue weighted by atomic mass is 16.6. The molecule has 0 aliphatic carbocycles. The molecule has 720 valence electrons. The second-order valence-electron chi connectivity index (χ2n) is 33.0. The predicted octanol–water partition coefficient (Wildman–Crippen LogP) is 16.1. The van der Waals surface area contributed by atoms with Gasteiger partial charge in [-0.15, -0.1) is 0 Å². The van der Waals surface area contributed by atoms with Crippen LogP contribution in [0, 0.1) is 0 Å². The van der Waals surface area contributed by atoms with E-state index in [0.717, 1.165) is 116 Å². The van der Waals surface area contributed by atoms with Gasteiger partial charge in [-0.3, -0.25) is 58.2 Å². The summed E-state index contributed by atoms with van der Waals surface area (Å²) in [6.45, 7) is 14.6. The van der Waals surface area contributed by atoms with Crippen molar-refractivity contribution in [2.75, 3.05) is 157 Å². The van der Waals surface area contributed by atoms with E-state index < -0.39 is 72.4 Å². The van der Waals surface area contributed by atoms with Crippen LogP contribution in [0.5, 0.6) is 0 Å².